The summed E-state index contributed by atoms with van der Waals surface area (Å²) >= 11 is 2.75. The van der Waals surface area contributed by atoms with Crippen molar-refractivity contribution in [3.05, 3.63) is 41.2 Å². The molecule has 0 unspecified atom stereocenters. The molecule has 0 aliphatic heterocycles. The molecule has 0 radical (unpaired) electrons. The van der Waals surface area contributed by atoms with Gasteiger partial charge in [0.2, 0.25) is 5.91 Å². The summed E-state index contributed by atoms with van der Waals surface area (Å²) < 4.78 is 13.6. The van der Waals surface area contributed by atoms with Crippen LogP contribution in [0.25, 0.3) is 0 Å². The average Bonchev–Trinajstić information content (AvgIpc) is 2.90. The summed E-state index contributed by atoms with van der Waals surface area (Å²) in [5.41, 5.74) is 2.50. The standard InChI is InChI=1S/C12H12FN3OS2/c1-8(9-2-4-10(13)5-3-9)15-11(17)6-18-12-16-14-7-19-12/h2-5,7-8H,6H2,1H3,(H,15,17)/t8-/m0/s1. The van der Waals surface area contributed by atoms with Crippen molar-refractivity contribution < 1.29 is 9.18 Å². The highest BCUT2D eigenvalue weighted by molar-refractivity contribution is 8.01. The highest BCUT2D eigenvalue weighted by atomic mass is 32.2. The lowest BCUT2D eigenvalue weighted by molar-refractivity contribution is -0.119. The fraction of sp³-hybridized carbons (Fsp3) is 0.250. The second kappa shape index (κ2) is 6.63. The summed E-state index contributed by atoms with van der Waals surface area (Å²) in [7, 11) is 0. The van der Waals surface area contributed by atoms with Crippen LogP contribution in [-0.2, 0) is 4.79 Å². The van der Waals surface area contributed by atoms with Crippen LogP contribution in [-0.4, -0.2) is 21.9 Å². The van der Waals surface area contributed by atoms with E-state index in [1.807, 2.05) is 6.92 Å². The first kappa shape index (κ1) is 14.0. The van der Waals surface area contributed by atoms with E-state index in [2.05, 4.69) is 15.5 Å². The van der Waals surface area contributed by atoms with Gasteiger partial charge in [-0.25, -0.2) is 4.39 Å². The van der Waals surface area contributed by atoms with Crippen molar-refractivity contribution in [2.24, 2.45) is 0 Å². The molecule has 0 aliphatic carbocycles. The van der Waals surface area contributed by atoms with Gasteiger partial charge < -0.3 is 5.32 Å². The maximum Gasteiger partial charge on any atom is 0.230 e. The molecule has 4 nitrogen and oxygen atoms in total. The zero-order chi connectivity index (χ0) is 13.7. The number of thioether (sulfide) groups is 1. The van der Waals surface area contributed by atoms with E-state index in [4.69, 9.17) is 0 Å². The molecular weight excluding hydrogens is 285 g/mol. The van der Waals surface area contributed by atoms with Crippen LogP contribution in [0.15, 0.2) is 34.1 Å². The molecule has 1 amide bonds. The number of rotatable bonds is 5. The second-order valence-corrected chi connectivity index (χ2v) is 5.89. The smallest absolute Gasteiger partial charge is 0.230 e. The number of carbonyl (C=O) groups is 1. The Hall–Kier alpha value is -1.47. The van der Waals surface area contributed by atoms with Crippen molar-refractivity contribution in [2.45, 2.75) is 17.3 Å². The van der Waals surface area contributed by atoms with Gasteiger partial charge in [0, 0.05) is 0 Å². The minimum Gasteiger partial charge on any atom is -0.349 e. The predicted molar refractivity (Wildman–Crippen MR) is 73.6 cm³/mol. The third-order valence-electron chi connectivity index (χ3n) is 2.41. The van der Waals surface area contributed by atoms with E-state index >= 15 is 0 Å². The number of amides is 1. The van der Waals surface area contributed by atoms with Gasteiger partial charge in [0.1, 0.15) is 11.3 Å². The number of hydrogen-bond acceptors (Lipinski definition) is 5. The molecule has 0 spiro atoms. The summed E-state index contributed by atoms with van der Waals surface area (Å²) in [5.74, 6) is -0.0769. The van der Waals surface area contributed by atoms with Crippen molar-refractivity contribution in [3.8, 4) is 0 Å². The fourth-order valence-electron chi connectivity index (χ4n) is 1.47. The van der Waals surface area contributed by atoms with E-state index < -0.39 is 0 Å². The fourth-order valence-corrected chi connectivity index (χ4v) is 2.77. The monoisotopic (exact) mass is 297 g/mol. The topological polar surface area (TPSA) is 54.9 Å². The molecule has 0 saturated heterocycles. The molecule has 0 saturated carbocycles. The van der Waals surface area contributed by atoms with E-state index in [-0.39, 0.29) is 17.8 Å². The zero-order valence-electron chi connectivity index (χ0n) is 10.2. The molecule has 1 N–H and O–H groups in total. The van der Waals surface area contributed by atoms with E-state index in [1.165, 1.54) is 35.2 Å². The van der Waals surface area contributed by atoms with E-state index in [0.717, 1.165) is 9.90 Å². The zero-order valence-corrected chi connectivity index (χ0v) is 11.8. The number of halogens is 1. The van der Waals surface area contributed by atoms with Crippen molar-refractivity contribution in [3.63, 3.8) is 0 Å². The summed E-state index contributed by atoms with van der Waals surface area (Å²) in [6.45, 7) is 1.86. The SMILES string of the molecule is C[C@H](NC(=O)CSc1nncs1)c1ccc(F)cc1. The molecule has 1 aromatic carbocycles. The Kier molecular flexibility index (Phi) is 4.86. The maximum absolute atomic E-state index is 12.8. The van der Waals surface area contributed by atoms with Crippen molar-refractivity contribution in [1.82, 2.24) is 15.5 Å². The number of hydrogen-bond donors (Lipinski definition) is 1. The molecule has 1 atom stereocenters. The Morgan fingerprint density at radius 2 is 2.21 bits per heavy atom. The minimum absolute atomic E-state index is 0.0861. The average molecular weight is 297 g/mol. The molecule has 2 aromatic rings. The highest BCUT2D eigenvalue weighted by Gasteiger charge is 2.10. The number of aromatic nitrogens is 2. The van der Waals surface area contributed by atoms with Gasteiger partial charge in [0.25, 0.3) is 0 Å². The molecule has 100 valence electrons. The predicted octanol–water partition coefficient (Wildman–Crippen LogP) is 2.65. The number of carbonyl (C=O) groups excluding carboxylic acids is 1. The second-order valence-electron chi connectivity index (χ2n) is 3.83. The van der Waals surface area contributed by atoms with Gasteiger partial charge >= 0.3 is 0 Å². The third kappa shape index (κ3) is 4.29. The Balaban J connectivity index is 1.83. The molecular formula is C12H12FN3OS2. The first-order valence-electron chi connectivity index (χ1n) is 5.59. The van der Waals surface area contributed by atoms with Gasteiger partial charge in [-0.3, -0.25) is 4.79 Å². The van der Waals surface area contributed by atoms with E-state index in [9.17, 15) is 9.18 Å². The summed E-state index contributed by atoms with van der Waals surface area (Å²) in [6.07, 6.45) is 0. The summed E-state index contributed by atoms with van der Waals surface area (Å²) in [6, 6.07) is 5.95. The van der Waals surface area contributed by atoms with E-state index in [0.29, 0.717) is 5.75 Å². The Morgan fingerprint density at radius 3 is 2.84 bits per heavy atom. The molecule has 0 aliphatic rings. The number of nitrogens with zero attached hydrogens (tertiary/aromatic N) is 2. The Morgan fingerprint density at radius 1 is 1.47 bits per heavy atom. The molecule has 1 aromatic heterocycles. The van der Waals surface area contributed by atoms with Crippen LogP contribution < -0.4 is 5.32 Å². The van der Waals surface area contributed by atoms with Crippen LogP contribution >= 0.6 is 23.1 Å². The van der Waals surface area contributed by atoms with Gasteiger partial charge in [-0.2, -0.15) is 0 Å². The molecule has 0 fully saturated rings. The molecule has 19 heavy (non-hydrogen) atoms. The Labute approximate surface area is 118 Å². The summed E-state index contributed by atoms with van der Waals surface area (Å²) in [4.78, 5) is 11.7. The van der Waals surface area contributed by atoms with Gasteiger partial charge in [-0.1, -0.05) is 35.2 Å². The van der Waals surface area contributed by atoms with Crippen LogP contribution in [0.1, 0.15) is 18.5 Å². The lowest BCUT2D eigenvalue weighted by atomic mass is 10.1. The van der Waals surface area contributed by atoms with Crippen molar-refractivity contribution in [2.75, 3.05) is 5.75 Å². The van der Waals surface area contributed by atoms with Gasteiger partial charge in [0.05, 0.1) is 11.8 Å². The first-order valence-corrected chi connectivity index (χ1v) is 7.45. The normalized spacial score (nSPS) is 12.1. The quantitative estimate of drug-likeness (QED) is 0.862. The van der Waals surface area contributed by atoms with Crippen LogP contribution in [0.4, 0.5) is 4.39 Å². The Bertz CT molecular complexity index is 530. The third-order valence-corrected chi connectivity index (χ3v) is 4.27. The largest absolute Gasteiger partial charge is 0.349 e. The van der Waals surface area contributed by atoms with Crippen LogP contribution in [0.3, 0.4) is 0 Å². The van der Waals surface area contributed by atoms with Gasteiger partial charge in [-0.15, -0.1) is 10.2 Å². The van der Waals surface area contributed by atoms with Crippen LogP contribution in [0.2, 0.25) is 0 Å². The molecule has 2 rings (SSSR count). The van der Waals surface area contributed by atoms with Crippen molar-refractivity contribution >= 4 is 29.0 Å². The van der Waals surface area contributed by atoms with E-state index in [1.54, 1.807) is 17.6 Å². The highest BCUT2D eigenvalue weighted by Crippen LogP contribution is 2.19. The van der Waals surface area contributed by atoms with Gasteiger partial charge in [-0.05, 0) is 24.6 Å². The lowest BCUT2D eigenvalue weighted by Gasteiger charge is -2.13. The molecule has 0 bridgehead atoms. The van der Waals surface area contributed by atoms with Gasteiger partial charge in [0.15, 0.2) is 4.34 Å². The maximum atomic E-state index is 12.8. The van der Waals surface area contributed by atoms with Crippen molar-refractivity contribution in [1.29, 1.82) is 0 Å². The lowest BCUT2D eigenvalue weighted by Crippen LogP contribution is -2.28. The summed E-state index contributed by atoms with van der Waals surface area (Å²) in [5, 5.41) is 10.4. The van der Waals surface area contributed by atoms with Crippen LogP contribution in [0.5, 0.6) is 0 Å². The molecule has 1 heterocycles. The molecule has 7 heteroatoms. The number of benzene rings is 1. The first-order chi connectivity index (χ1) is 9.15. The van der Waals surface area contributed by atoms with Crippen LogP contribution in [0, 0.1) is 5.82 Å². The number of nitrogens with one attached hydrogen (secondary N) is 1. The minimum atomic E-state index is -0.283.